The first-order chi connectivity index (χ1) is 9.72. The smallest absolute Gasteiger partial charge is 0.211 e. The van der Waals surface area contributed by atoms with Crippen LogP contribution in [0.4, 0.5) is 0 Å². The molecular weight excluding hydrogens is 220 g/mol. The summed E-state index contributed by atoms with van der Waals surface area (Å²) in [6, 6.07) is 0. The number of hydrogen-bond donors (Lipinski definition) is 3. The average Bonchev–Trinajstić information content (AvgIpc) is 2.53. The Morgan fingerprint density at radius 3 is 2.35 bits per heavy atom. The highest BCUT2D eigenvalue weighted by Crippen LogP contribution is 2.33. The van der Waals surface area contributed by atoms with Crippen LogP contribution in [-0.2, 0) is 4.79 Å². The molecule has 0 amide bonds. The van der Waals surface area contributed by atoms with E-state index in [9.17, 15) is 4.79 Å². The molecule has 0 aromatic carbocycles. The van der Waals surface area contributed by atoms with Gasteiger partial charge in [0, 0.05) is 11.8 Å². The lowest BCUT2D eigenvalue weighted by Gasteiger charge is -2.36. The van der Waals surface area contributed by atoms with Gasteiger partial charge in [0.15, 0.2) is 0 Å². The third-order valence-corrected chi connectivity index (χ3v) is 4.22. The summed E-state index contributed by atoms with van der Waals surface area (Å²) >= 11 is 0. The normalized spacial score (nSPS) is 42.5. The second-order valence-electron chi connectivity index (χ2n) is 5.39. The Kier molecular flexibility index (Phi) is 3.04. The molecule has 0 saturated heterocycles. The summed E-state index contributed by atoms with van der Waals surface area (Å²) in [5.74, 6) is -0.240. The maximum absolute atomic E-state index is 12.6. The van der Waals surface area contributed by atoms with Crippen molar-refractivity contribution in [2.24, 2.45) is 11.8 Å². The number of ketones is 1. The Labute approximate surface area is 106 Å². The van der Waals surface area contributed by atoms with Gasteiger partial charge in [-0.25, -0.2) is 0 Å². The molecule has 4 heteroatoms. The van der Waals surface area contributed by atoms with E-state index in [1.807, 2.05) is 0 Å². The van der Waals surface area contributed by atoms with Gasteiger partial charge in [0.05, 0.1) is 12.2 Å². The van der Waals surface area contributed by atoms with Gasteiger partial charge >= 0.3 is 0 Å². The molecule has 98 valence electrons. The second-order valence-corrected chi connectivity index (χ2v) is 5.39. The largest absolute Gasteiger partial charge is 0.390 e. The molecule has 0 heterocycles. The van der Waals surface area contributed by atoms with Crippen molar-refractivity contribution in [1.82, 2.24) is 0 Å². The van der Waals surface area contributed by atoms with E-state index in [1.165, 1.54) is 6.42 Å². The number of carbonyl (C=O) groups excluding carboxylic acids is 1. The summed E-state index contributed by atoms with van der Waals surface area (Å²) in [5, 5.41) is 13.8. The van der Waals surface area contributed by atoms with Gasteiger partial charge in [-0.1, -0.05) is 19.3 Å². The molecule has 0 aliphatic heterocycles. The third-order valence-electron chi connectivity index (χ3n) is 4.22. The van der Waals surface area contributed by atoms with E-state index in [0.29, 0.717) is 12.8 Å². The Morgan fingerprint density at radius 1 is 0.941 bits per heavy atom. The predicted molar refractivity (Wildman–Crippen MR) is 62.3 cm³/mol. The quantitative estimate of drug-likeness (QED) is 0.664. The predicted octanol–water partition coefficient (Wildman–Crippen LogP) is 0.628. The molecule has 0 spiro atoms. The first kappa shape index (κ1) is 9.48. The van der Waals surface area contributed by atoms with Gasteiger partial charge in [-0.15, -0.1) is 0 Å². The van der Waals surface area contributed by atoms with Crippen molar-refractivity contribution in [3.05, 3.63) is 0 Å². The second kappa shape index (κ2) is 5.46. The summed E-state index contributed by atoms with van der Waals surface area (Å²) in [5.41, 5.74) is 0. The minimum atomic E-state index is -0.851. The van der Waals surface area contributed by atoms with Crippen molar-refractivity contribution in [1.29, 1.82) is 4.29 Å². The molecule has 0 radical (unpaired) electrons. The van der Waals surface area contributed by atoms with E-state index in [1.54, 1.807) is 0 Å². The Hall–Kier alpha value is -0.450. The van der Waals surface area contributed by atoms with Crippen LogP contribution < -0.4 is 0 Å². The molecule has 2 aliphatic carbocycles. The summed E-state index contributed by atoms with van der Waals surface area (Å²) in [7, 11) is 0. The molecule has 0 aromatic heterocycles. The topological polar surface area (TPSA) is 77.8 Å². The molecule has 4 nitrogen and oxygen atoms in total. The molecule has 4 unspecified atom stereocenters. The highest BCUT2D eigenvalue weighted by atomic mass is 16.4. The Morgan fingerprint density at radius 2 is 1.71 bits per heavy atom. The van der Waals surface area contributed by atoms with Crippen molar-refractivity contribution in [2.75, 3.05) is 0 Å². The molecule has 2 fully saturated rings. The number of Topliss-reactive ketones (excluding diaryl/α,β-unsaturated/α-hetero) is 1. The van der Waals surface area contributed by atoms with Crippen LogP contribution in [-0.4, -0.2) is 43.7 Å². The lowest BCUT2D eigenvalue weighted by atomic mass is 9.74. The van der Waals surface area contributed by atoms with Gasteiger partial charge in [0.1, 0.15) is 11.9 Å². The average molecular weight is 245 g/mol. The summed E-state index contributed by atoms with van der Waals surface area (Å²) < 4.78 is 21.3. The number of aliphatic hydroxyl groups is 3. The maximum Gasteiger partial charge on any atom is 0.211 e. The van der Waals surface area contributed by atoms with Crippen LogP contribution >= 0.6 is 0 Å². The number of carbonyl (C=O) groups is 1. The van der Waals surface area contributed by atoms with Crippen molar-refractivity contribution >= 4 is 5.78 Å². The number of rotatable bonds is 5. The first-order valence-corrected chi connectivity index (χ1v) is 6.62. The lowest BCUT2D eigenvalue weighted by Crippen LogP contribution is -2.50. The SMILES string of the molecule is [2H]OC1CCC(C(=O)C2CCCCC2)C(O[2H])C1O[2H]. The zero-order chi connectivity index (χ0) is 14.5. The molecular formula is C13H22O4. The zero-order valence-electron chi connectivity index (χ0n) is 13.0. The number of hydrogen-bond acceptors (Lipinski definition) is 4. The molecule has 2 aliphatic rings. The van der Waals surface area contributed by atoms with E-state index in [4.69, 9.17) is 4.29 Å². The monoisotopic (exact) mass is 245 g/mol. The van der Waals surface area contributed by atoms with E-state index in [-0.39, 0.29) is 11.7 Å². The van der Waals surface area contributed by atoms with Crippen LogP contribution in [0.15, 0.2) is 0 Å². The maximum atomic E-state index is 12.6. The molecule has 3 N–H and O–H groups in total. The van der Waals surface area contributed by atoms with E-state index < -0.39 is 24.2 Å². The van der Waals surface area contributed by atoms with Gasteiger partial charge < -0.3 is 15.3 Å². The van der Waals surface area contributed by atoms with Gasteiger partial charge in [-0.2, -0.15) is 0 Å². The van der Waals surface area contributed by atoms with Crippen molar-refractivity contribution in [3.63, 3.8) is 0 Å². The van der Waals surface area contributed by atoms with Gasteiger partial charge in [0.2, 0.25) is 4.29 Å². The summed E-state index contributed by atoms with van der Waals surface area (Å²) in [6.45, 7) is 0. The van der Waals surface area contributed by atoms with Crippen LogP contribution in [0, 0.1) is 11.8 Å². The minimum Gasteiger partial charge on any atom is -0.390 e. The van der Waals surface area contributed by atoms with Gasteiger partial charge in [-0.3, -0.25) is 4.79 Å². The molecule has 17 heavy (non-hydrogen) atoms. The van der Waals surface area contributed by atoms with Crippen LogP contribution in [0.25, 0.3) is 0 Å². The molecule has 0 bridgehead atoms. The van der Waals surface area contributed by atoms with E-state index in [0.717, 1.165) is 25.7 Å². The van der Waals surface area contributed by atoms with E-state index >= 15 is 0 Å². The van der Waals surface area contributed by atoms with Crippen molar-refractivity contribution in [2.45, 2.75) is 63.3 Å². The fourth-order valence-corrected chi connectivity index (χ4v) is 3.11. The summed E-state index contributed by atoms with van der Waals surface area (Å²) in [6.07, 6.45) is 3.88. The fourth-order valence-electron chi connectivity index (χ4n) is 3.11. The Bertz CT molecular complexity index is 323. The van der Waals surface area contributed by atoms with Crippen LogP contribution in [0.3, 0.4) is 0 Å². The first-order valence-electron chi connectivity index (χ1n) is 7.85. The molecule has 0 aromatic rings. The minimum absolute atomic E-state index is 0.0475. The van der Waals surface area contributed by atoms with Crippen molar-refractivity contribution in [3.8, 4) is 0 Å². The highest BCUT2D eigenvalue weighted by molar-refractivity contribution is 5.84. The fraction of sp³-hybridized carbons (Fsp3) is 0.923. The van der Waals surface area contributed by atoms with Crippen LogP contribution in [0.5, 0.6) is 0 Å². The highest BCUT2D eigenvalue weighted by Gasteiger charge is 2.41. The molecule has 2 saturated carbocycles. The lowest BCUT2D eigenvalue weighted by molar-refractivity contribution is -0.147. The van der Waals surface area contributed by atoms with Gasteiger partial charge in [0.25, 0.3) is 0 Å². The summed E-state index contributed by atoms with van der Waals surface area (Å²) in [4.78, 5) is 12.6. The number of aliphatic hydroxyl groups excluding tert-OH is 3. The van der Waals surface area contributed by atoms with Crippen LogP contribution in [0.1, 0.15) is 44.9 Å². The molecule has 2 rings (SSSR count). The van der Waals surface area contributed by atoms with Crippen molar-refractivity contribution < 1.29 is 20.1 Å². The third kappa shape index (κ3) is 2.69. The van der Waals surface area contributed by atoms with Gasteiger partial charge in [-0.05, 0) is 25.7 Å². The van der Waals surface area contributed by atoms with Crippen LogP contribution in [0.2, 0.25) is 0 Å². The zero-order valence-corrected chi connectivity index (χ0v) is 9.97. The standard InChI is InChI=1S/C13H22O4/c14-10-7-6-9(12(16)13(10)17)11(15)8-4-2-1-3-5-8/h8-10,12-14,16-17H,1-7H2/i14D,16D,17D. The van der Waals surface area contributed by atoms with E-state index in [2.05, 4.69) is 15.3 Å². The Balaban J connectivity index is 2.07. The molecule has 4 atom stereocenters.